The Balaban J connectivity index is 4.25. The SMILES string of the molecule is CC/C=C\C/C=C\C/C=C\C/C=C\CCCCCCCCCCCCC(=O)OCC(COC(=O)CCCCCCCCCC)OC(=O)CCCCCCC/C=C\C/C=C\CCCCCC. The van der Waals surface area contributed by atoms with Crippen LogP contribution in [-0.2, 0) is 28.6 Å². The minimum atomic E-state index is -0.781. The maximum atomic E-state index is 12.8. The Morgan fingerprint density at radius 2 is 0.600 bits per heavy atom. The first kappa shape index (κ1) is 61.9. The molecule has 0 aliphatic rings. The van der Waals surface area contributed by atoms with Gasteiger partial charge in [0.2, 0.25) is 0 Å². The van der Waals surface area contributed by atoms with Crippen molar-refractivity contribution in [3.63, 3.8) is 0 Å². The molecule has 374 valence electrons. The fourth-order valence-electron chi connectivity index (χ4n) is 7.58. The molecule has 0 aromatic rings. The van der Waals surface area contributed by atoms with Crippen LogP contribution in [0.15, 0.2) is 72.9 Å². The fourth-order valence-corrected chi connectivity index (χ4v) is 7.58. The van der Waals surface area contributed by atoms with Gasteiger partial charge in [0.1, 0.15) is 13.2 Å². The van der Waals surface area contributed by atoms with Crippen LogP contribution >= 0.6 is 0 Å². The summed E-state index contributed by atoms with van der Waals surface area (Å²) in [6, 6.07) is 0. The zero-order valence-corrected chi connectivity index (χ0v) is 42.7. The Labute approximate surface area is 402 Å². The summed E-state index contributed by atoms with van der Waals surface area (Å²) >= 11 is 0. The number of hydrogen-bond donors (Lipinski definition) is 0. The van der Waals surface area contributed by atoms with Crippen LogP contribution in [0.1, 0.15) is 265 Å². The van der Waals surface area contributed by atoms with Gasteiger partial charge in [0.05, 0.1) is 0 Å². The second-order valence-corrected chi connectivity index (χ2v) is 18.1. The average molecular weight is 907 g/mol. The summed E-state index contributed by atoms with van der Waals surface area (Å²) < 4.78 is 16.8. The van der Waals surface area contributed by atoms with Crippen LogP contribution in [-0.4, -0.2) is 37.2 Å². The number of ether oxygens (including phenoxy) is 3. The predicted molar refractivity (Wildman–Crippen MR) is 279 cm³/mol. The molecule has 1 unspecified atom stereocenters. The highest BCUT2D eigenvalue weighted by atomic mass is 16.6. The number of esters is 3. The summed E-state index contributed by atoms with van der Waals surface area (Å²) in [5, 5.41) is 0. The van der Waals surface area contributed by atoms with Crippen LogP contribution < -0.4 is 0 Å². The van der Waals surface area contributed by atoms with Crippen molar-refractivity contribution in [1.29, 1.82) is 0 Å². The van der Waals surface area contributed by atoms with Crippen LogP contribution in [0.25, 0.3) is 0 Å². The Morgan fingerprint density at radius 3 is 0.954 bits per heavy atom. The van der Waals surface area contributed by atoms with Gasteiger partial charge in [0.25, 0.3) is 0 Å². The average Bonchev–Trinajstić information content (AvgIpc) is 3.30. The van der Waals surface area contributed by atoms with E-state index in [0.717, 1.165) is 109 Å². The van der Waals surface area contributed by atoms with Gasteiger partial charge in [0.15, 0.2) is 6.10 Å². The molecule has 0 N–H and O–H groups in total. The maximum Gasteiger partial charge on any atom is 0.306 e. The second-order valence-electron chi connectivity index (χ2n) is 18.1. The molecule has 0 aromatic heterocycles. The van der Waals surface area contributed by atoms with Crippen molar-refractivity contribution in [2.24, 2.45) is 0 Å². The van der Waals surface area contributed by atoms with Gasteiger partial charge >= 0.3 is 17.9 Å². The lowest BCUT2D eigenvalue weighted by atomic mass is 10.1. The molecule has 0 rings (SSSR count). The summed E-state index contributed by atoms with van der Waals surface area (Å²) in [5.74, 6) is -0.899. The summed E-state index contributed by atoms with van der Waals surface area (Å²) in [6.07, 6.45) is 67.6. The van der Waals surface area contributed by atoms with Gasteiger partial charge in [-0.25, -0.2) is 0 Å². The zero-order chi connectivity index (χ0) is 47.2. The first-order chi connectivity index (χ1) is 32.0. The summed E-state index contributed by atoms with van der Waals surface area (Å²) in [5.41, 5.74) is 0. The van der Waals surface area contributed by atoms with Crippen LogP contribution in [0.3, 0.4) is 0 Å². The van der Waals surface area contributed by atoms with Crippen molar-refractivity contribution in [2.45, 2.75) is 271 Å². The molecule has 0 radical (unpaired) electrons. The molecule has 0 spiro atoms. The lowest BCUT2D eigenvalue weighted by Gasteiger charge is -2.18. The quantitative estimate of drug-likeness (QED) is 0.0262. The van der Waals surface area contributed by atoms with Crippen molar-refractivity contribution >= 4 is 17.9 Å². The van der Waals surface area contributed by atoms with Crippen LogP contribution in [0.5, 0.6) is 0 Å². The van der Waals surface area contributed by atoms with E-state index in [1.165, 1.54) is 116 Å². The van der Waals surface area contributed by atoms with Gasteiger partial charge in [-0.3, -0.25) is 14.4 Å². The number of hydrogen-bond acceptors (Lipinski definition) is 6. The van der Waals surface area contributed by atoms with E-state index in [0.29, 0.717) is 19.3 Å². The predicted octanol–water partition coefficient (Wildman–Crippen LogP) is 18.2. The molecule has 0 saturated carbocycles. The number of rotatable bonds is 49. The largest absolute Gasteiger partial charge is 0.462 e. The molecule has 65 heavy (non-hydrogen) atoms. The molecule has 0 aliphatic carbocycles. The van der Waals surface area contributed by atoms with Gasteiger partial charge in [-0.05, 0) is 89.9 Å². The van der Waals surface area contributed by atoms with Crippen molar-refractivity contribution in [3.05, 3.63) is 72.9 Å². The standard InChI is InChI=1S/C59H102O6/c1-4-7-10-13-16-19-21-23-25-27-28-29-30-31-32-33-35-36-38-40-43-46-49-52-58(61)64-55-56(54-63-57(60)51-48-45-42-18-15-12-9-6-3)65-59(62)53-50-47-44-41-39-37-34-26-24-22-20-17-14-11-8-5-2/h7,10,16,19-20,22-23,25-26,28-29,34,56H,4-6,8-9,11-15,17-18,21,24,27,30-33,35-55H2,1-3H3/b10-7-,19-16-,22-20-,25-23-,29-28-,34-26-. The topological polar surface area (TPSA) is 78.9 Å². The third-order valence-electron chi connectivity index (χ3n) is 11.7. The molecule has 0 bridgehead atoms. The molecular formula is C59H102O6. The fraction of sp³-hybridized carbons (Fsp3) is 0.746. The van der Waals surface area contributed by atoms with Crippen LogP contribution in [0.4, 0.5) is 0 Å². The third-order valence-corrected chi connectivity index (χ3v) is 11.7. The summed E-state index contributed by atoms with van der Waals surface area (Å²) in [6.45, 7) is 6.47. The van der Waals surface area contributed by atoms with Gasteiger partial charge < -0.3 is 14.2 Å². The van der Waals surface area contributed by atoms with E-state index >= 15 is 0 Å². The van der Waals surface area contributed by atoms with E-state index in [1.54, 1.807) is 0 Å². The Kier molecular flexibility index (Phi) is 50.9. The molecule has 1 atom stereocenters. The number of unbranched alkanes of at least 4 members (excludes halogenated alkanes) is 26. The molecule has 0 heterocycles. The minimum absolute atomic E-state index is 0.0809. The summed E-state index contributed by atoms with van der Waals surface area (Å²) in [7, 11) is 0. The normalized spacial score (nSPS) is 12.6. The van der Waals surface area contributed by atoms with E-state index in [-0.39, 0.29) is 31.1 Å². The van der Waals surface area contributed by atoms with Crippen molar-refractivity contribution < 1.29 is 28.6 Å². The zero-order valence-electron chi connectivity index (χ0n) is 42.7. The minimum Gasteiger partial charge on any atom is -0.462 e. The molecule has 0 amide bonds. The molecule has 6 heteroatoms. The molecule has 0 aliphatic heterocycles. The number of carbonyl (C=O) groups excluding carboxylic acids is 3. The van der Waals surface area contributed by atoms with E-state index in [2.05, 4.69) is 93.7 Å². The van der Waals surface area contributed by atoms with E-state index in [4.69, 9.17) is 14.2 Å². The summed E-state index contributed by atoms with van der Waals surface area (Å²) in [4.78, 5) is 37.9. The Bertz CT molecular complexity index is 1230. The van der Waals surface area contributed by atoms with Crippen molar-refractivity contribution in [1.82, 2.24) is 0 Å². The smallest absolute Gasteiger partial charge is 0.306 e. The Morgan fingerprint density at radius 1 is 0.323 bits per heavy atom. The van der Waals surface area contributed by atoms with Gasteiger partial charge in [-0.1, -0.05) is 229 Å². The van der Waals surface area contributed by atoms with Crippen molar-refractivity contribution in [3.8, 4) is 0 Å². The molecule has 0 aromatic carbocycles. The second kappa shape index (κ2) is 53.5. The molecule has 0 fully saturated rings. The van der Waals surface area contributed by atoms with Crippen LogP contribution in [0.2, 0.25) is 0 Å². The van der Waals surface area contributed by atoms with Gasteiger partial charge in [0, 0.05) is 19.3 Å². The number of allylic oxidation sites excluding steroid dienone is 12. The van der Waals surface area contributed by atoms with E-state index in [1.807, 2.05) is 0 Å². The molecule has 6 nitrogen and oxygen atoms in total. The highest BCUT2D eigenvalue weighted by Crippen LogP contribution is 2.15. The Hall–Kier alpha value is -3.15. The van der Waals surface area contributed by atoms with Crippen LogP contribution in [0, 0.1) is 0 Å². The first-order valence-corrected chi connectivity index (χ1v) is 27.4. The van der Waals surface area contributed by atoms with Gasteiger partial charge in [-0.2, -0.15) is 0 Å². The van der Waals surface area contributed by atoms with Crippen molar-refractivity contribution in [2.75, 3.05) is 13.2 Å². The number of carbonyl (C=O) groups is 3. The molecular weight excluding hydrogens is 805 g/mol. The lowest BCUT2D eigenvalue weighted by Crippen LogP contribution is -2.30. The lowest BCUT2D eigenvalue weighted by molar-refractivity contribution is -0.167. The maximum absolute atomic E-state index is 12.8. The highest BCUT2D eigenvalue weighted by Gasteiger charge is 2.19. The van der Waals surface area contributed by atoms with E-state index in [9.17, 15) is 14.4 Å². The highest BCUT2D eigenvalue weighted by molar-refractivity contribution is 5.71. The third kappa shape index (κ3) is 51.7. The van der Waals surface area contributed by atoms with Gasteiger partial charge in [-0.15, -0.1) is 0 Å². The van der Waals surface area contributed by atoms with E-state index < -0.39 is 6.10 Å². The monoisotopic (exact) mass is 907 g/mol. The first-order valence-electron chi connectivity index (χ1n) is 27.4. The molecule has 0 saturated heterocycles.